The predicted octanol–water partition coefficient (Wildman–Crippen LogP) is 2.64. The Morgan fingerprint density at radius 1 is 1.39 bits per heavy atom. The van der Waals surface area contributed by atoms with E-state index in [9.17, 15) is 18.4 Å². The molecule has 0 saturated heterocycles. The summed E-state index contributed by atoms with van der Waals surface area (Å²) in [6.45, 7) is 1.66. The number of ketones is 1. The third kappa shape index (κ3) is 1.90. The zero-order chi connectivity index (χ0) is 13.4. The Morgan fingerprint density at radius 3 is 2.67 bits per heavy atom. The molecular formula is C12H8ClF2NO2. The highest BCUT2D eigenvalue weighted by molar-refractivity contribution is 6.52. The van der Waals surface area contributed by atoms with Crippen LogP contribution in [0.4, 0.5) is 14.5 Å². The number of fused-ring (bicyclic) bond motifs is 1. The minimum absolute atomic E-state index is 0.0178. The first-order valence-corrected chi connectivity index (χ1v) is 5.50. The summed E-state index contributed by atoms with van der Waals surface area (Å²) in [6.07, 6.45) is 0. The van der Waals surface area contributed by atoms with Crippen LogP contribution in [0.3, 0.4) is 0 Å². The lowest BCUT2D eigenvalue weighted by Crippen LogP contribution is -2.31. The van der Waals surface area contributed by atoms with Crippen LogP contribution in [0.1, 0.15) is 17.3 Å². The first-order chi connectivity index (χ1) is 8.45. The van der Waals surface area contributed by atoms with Crippen molar-refractivity contribution in [1.29, 1.82) is 0 Å². The van der Waals surface area contributed by atoms with Crippen molar-refractivity contribution >= 4 is 29.0 Å². The summed E-state index contributed by atoms with van der Waals surface area (Å²) in [5.41, 5.74) is 1.39. The SMILES string of the molecule is CC(=CCl)CN1C(=O)C(=O)c2c(F)cc(F)cc21. The van der Waals surface area contributed by atoms with E-state index in [0.717, 1.165) is 11.0 Å². The van der Waals surface area contributed by atoms with Gasteiger partial charge in [-0.25, -0.2) is 8.78 Å². The van der Waals surface area contributed by atoms with Gasteiger partial charge in [0.05, 0.1) is 11.3 Å². The normalized spacial score (nSPS) is 15.3. The topological polar surface area (TPSA) is 37.4 Å². The van der Waals surface area contributed by atoms with E-state index in [1.807, 2.05) is 0 Å². The van der Waals surface area contributed by atoms with Crippen molar-refractivity contribution in [2.45, 2.75) is 6.92 Å². The number of Topliss-reactive ketones (excluding diaryl/α,β-unsaturated/α-hetero) is 1. The van der Waals surface area contributed by atoms with Gasteiger partial charge in [0.15, 0.2) is 0 Å². The highest BCUT2D eigenvalue weighted by Crippen LogP contribution is 2.32. The molecule has 0 saturated carbocycles. The lowest BCUT2D eigenvalue weighted by Gasteiger charge is -2.16. The Balaban J connectivity index is 2.55. The third-order valence-corrected chi connectivity index (χ3v) is 2.96. The van der Waals surface area contributed by atoms with Gasteiger partial charge in [0, 0.05) is 18.1 Å². The largest absolute Gasteiger partial charge is 0.300 e. The second-order valence-corrected chi connectivity index (χ2v) is 4.18. The van der Waals surface area contributed by atoms with Crippen LogP contribution in [-0.4, -0.2) is 18.2 Å². The van der Waals surface area contributed by atoms with Crippen molar-refractivity contribution in [3.63, 3.8) is 0 Å². The molecule has 0 unspecified atom stereocenters. The molecule has 0 N–H and O–H groups in total. The highest BCUT2D eigenvalue weighted by Gasteiger charge is 2.38. The molecule has 0 bridgehead atoms. The van der Waals surface area contributed by atoms with Crippen molar-refractivity contribution < 1.29 is 18.4 Å². The molecule has 0 radical (unpaired) electrons. The fourth-order valence-corrected chi connectivity index (χ4v) is 1.85. The van der Waals surface area contributed by atoms with Crippen molar-refractivity contribution in [2.24, 2.45) is 0 Å². The molecule has 18 heavy (non-hydrogen) atoms. The molecule has 1 amide bonds. The monoisotopic (exact) mass is 271 g/mol. The van der Waals surface area contributed by atoms with E-state index in [1.54, 1.807) is 6.92 Å². The Kier molecular flexibility index (Phi) is 3.17. The van der Waals surface area contributed by atoms with Gasteiger partial charge in [-0.05, 0) is 18.6 Å². The molecule has 3 nitrogen and oxygen atoms in total. The van der Waals surface area contributed by atoms with Crippen LogP contribution in [-0.2, 0) is 4.79 Å². The molecule has 94 valence electrons. The number of hydrogen-bond donors (Lipinski definition) is 0. The van der Waals surface area contributed by atoms with Gasteiger partial charge in [0.25, 0.3) is 11.7 Å². The average molecular weight is 272 g/mol. The molecule has 1 aromatic carbocycles. The lowest BCUT2D eigenvalue weighted by atomic mass is 10.1. The number of carbonyl (C=O) groups is 2. The molecule has 1 heterocycles. The van der Waals surface area contributed by atoms with Crippen molar-refractivity contribution in [1.82, 2.24) is 0 Å². The first kappa shape index (κ1) is 12.7. The van der Waals surface area contributed by atoms with E-state index in [2.05, 4.69) is 0 Å². The maximum Gasteiger partial charge on any atom is 0.299 e. The van der Waals surface area contributed by atoms with Crippen LogP contribution in [0, 0.1) is 11.6 Å². The van der Waals surface area contributed by atoms with Crippen molar-refractivity contribution in [3.05, 3.63) is 40.4 Å². The van der Waals surface area contributed by atoms with Crippen LogP contribution < -0.4 is 4.90 Å². The van der Waals surface area contributed by atoms with Gasteiger partial charge in [0.1, 0.15) is 11.6 Å². The summed E-state index contributed by atoms with van der Waals surface area (Å²) in [4.78, 5) is 24.3. The van der Waals surface area contributed by atoms with Crippen LogP contribution in [0.25, 0.3) is 0 Å². The first-order valence-electron chi connectivity index (χ1n) is 5.06. The third-order valence-electron chi connectivity index (χ3n) is 2.59. The van der Waals surface area contributed by atoms with Gasteiger partial charge < -0.3 is 4.90 Å². The average Bonchev–Trinajstić information content (AvgIpc) is 2.54. The molecule has 1 aromatic rings. The highest BCUT2D eigenvalue weighted by atomic mass is 35.5. The second-order valence-electron chi connectivity index (χ2n) is 3.96. The Labute approximate surface area is 107 Å². The standard InChI is InChI=1S/C12H8ClF2NO2/c1-6(4-13)5-16-9-3-7(14)2-8(15)10(9)11(17)12(16)18/h2-4H,5H2,1H3. The van der Waals surface area contributed by atoms with Gasteiger partial charge in [-0.15, -0.1) is 0 Å². The van der Waals surface area contributed by atoms with E-state index < -0.39 is 23.3 Å². The van der Waals surface area contributed by atoms with Crippen LogP contribution in [0.5, 0.6) is 0 Å². The van der Waals surface area contributed by atoms with E-state index >= 15 is 0 Å². The van der Waals surface area contributed by atoms with Gasteiger partial charge in [-0.2, -0.15) is 0 Å². The number of rotatable bonds is 2. The van der Waals surface area contributed by atoms with Crippen LogP contribution in [0.15, 0.2) is 23.2 Å². The number of benzene rings is 1. The number of amides is 1. The number of nitrogens with zero attached hydrogens (tertiary/aromatic N) is 1. The van der Waals surface area contributed by atoms with Crippen LogP contribution in [0.2, 0.25) is 0 Å². The van der Waals surface area contributed by atoms with Crippen LogP contribution >= 0.6 is 11.6 Å². The van der Waals surface area contributed by atoms with Gasteiger partial charge in [-0.3, -0.25) is 9.59 Å². The quantitative estimate of drug-likeness (QED) is 0.776. The van der Waals surface area contributed by atoms with E-state index in [0.29, 0.717) is 11.6 Å². The Bertz CT molecular complexity index is 584. The summed E-state index contributed by atoms with van der Waals surface area (Å²) >= 11 is 5.47. The fraction of sp³-hybridized carbons (Fsp3) is 0.167. The fourth-order valence-electron chi connectivity index (χ4n) is 1.78. The molecule has 0 spiro atoms. The van der Waals surface area contributed by atoms with Gasteiger partial charge in [-0.1, -0.05) is 11.6 Å². The van der Waals surface area contributed by atoms with E-state index in [1.165, 1.54) is 5.54 Å². The summed E-state index contributed by atoms with van der Waals surface area (Å²) in [6, 6.07) is 1.54. The molecule has 0 aliphatic carbocycles. The van der Waals surface area contributed by atoms with Gasteiger partial charge >= 0.3 is 0 Å². The maximum atomic E-state index is 13.5. The predicted molar refractivity (Wildman–Crippen MR) is 62.7 cm³/mol. The van der Waals surface area contributed by atoms with Crippen molar-refractivity contribution in [2.75, 3.05) is 11.4 Å². The minimum atomic E-state index is -1.03. The summed E-state index contributed by atoms with van der Waals surface area (Å²) in [7, 11) is 0. The molecule has 1 aliphatic heterocycles. The number of carbonyl (C=O) groups excluding carboxylic acids is 2. The number of anilines is 1. The Morgan fingerprint density at radius 2 is 2.06 bits per heavy atom. The lowest BCUT2D eigenvalue weighted by molar-refractivity contribution is -0.114. The van der Waals surface area contributed by atoms with E-state index in [4.69, 9.17) is 11.6 Å². The molecule has 1 aliphatic rings. The Hall–Kier alpha value is -1.75. The summed E-state index contributed by atoms with van der Waals surface area (Å²) in [5, 5.41) is 0. The molecular weight excluding hydrogens is 264 g/mol. The minimum Gasteiger partial charge on any atom is -0.300 e. The number of halogens is 3. The van der Waals surface area contributed by atoms with Crippen molar-refractivity contribution in [3.8, 4) is 0 Å². The zero-order valence-corrected chi connectivity index (χ0v) is 10.1. The smallest absolute Gasteiger partial charge is 0.299 e. The summed E-state index contributed by atoms with van der Waals surface area (Å²) < 4.78 is 26.6. The maximum absolute atomic E-state index is 13.5. The van der Waals surface area contributed by atoms with E-state index in [-0.39, 0.29) is 17.8 Å². The molecule has 0 fully saturated rings. The zero-order valence-electron chi connectivity index (χ0n) is 9.34. The number of hydrogen-bond acceptors (Lipinski definition) is 2. The molecule has 2 rings (SSSR count). The molecule has 0 atom stereocenters. The molecule has 6 heteroatoms. The van der Waals surface area contributed by atoms with Gasteiger partial charge in [0.2, 0.25) is 0 Å². The summed E-state index contributed by atoms with van der Waals surface area (Å²) in [5.74, 6) is -3.72. The molecule has 0 aromatic heterocycles. The second kappa shape index (κ2) is 4.49.